The van der Waals surface area contributed by atoms with E-state index in [0.29, 0.717) is 0 Å². The highest BCUT2D eigenvalue weighted by atomic mass is 16.7. The predicted octanol–water partition coefficient (Wildman–Crippen LogP) is 2.84. The third kappa shape index (κ3) is 7.53. The summed E-state index contributed by atoms with van der Waals surface area (Å²) in [6.07, 6.45) is 0. The van der Waals surface area contributed by atoms with E-state index in [2.05, 4.69) is 27.8 Å². The summed E-state index contributed by atoms with van der Waals surface area (Å²) in [5.74, 6) is 0.728. The zero-order valence-corrected chi connectivity index (χ0v) is 13.8. The second kappa shape index (κ2) is 10.7. The molecule has 0 aliphatic heterocycles. The van der Waals surface area contributed by atoms with Gasteiger partial charge in [0.15, 0.2) is 0 Å². The minimum atomic E-state index is -0.632. The number of nitrogens with zero attached hydrogens (tertiary/aromatic N) is 1. The van der Waals surface area contributed by atoms with Gasteiger partial charge in [-0.1, -0.05) is 18.2 Å². The molecule has 0 aliphatic rings. The summed E-state index contributed by atoms with van der Waals surface area (Å²) in [7, 11) is 4.71. The second-order valence-corrected chi connectivity index (χ2v) is 4.76. The van der Waals surface area contributed by atoms with Crippen LogP contribution in [0, 0.1) is 0 Å². The van der Waals surface area contributed by atoms with Crippen LogP contribution in [0.5, 0.6) is 5.75 Å². The maximum Gasteiger partial charge on any atom is 0.712 e. The number of hydrogen-bond acceptors (Lipinski definition) is 3. The number of rotatable bonds is 7. The Hall–Kier alpha value is -1.04. The minimum Gasteiger partial charge on any atom is -0.512 e. The Bertz CT molecular complexity index is 319. The molecule has 0 fully saturated rings. The molecule has 0 atom stereocenters. The van der Waals surface area contributed by atoms with Crippen molar-refractivity contribution in [2.75, 3.05) is 40.9 Å². The zero-order chi connectivity index (χ0) is 15.4. The molecule has 4 nitrogen and oxygen atoms in total. The van der Waals surface area contributed by atoms with Crippen LogP contribution < -0.4 is 4.65 Å². The predicted molar refractivity (Wildman–Crippen MR) is 84.6 cm³/mol. The van der Waals surface area contributed by atoms with E-state index in [1.165, 1.54) is 38.3 Å². The van der Waals surface area contributed by atoms with Gasteiger partial charge in [0, 0.05) is 14.2 Å². The number of hydrogen-bond donors (Lipinski definition) is 0. The highest BCUT2D eigenvalue weighted by Gasteiger charge is 2.19. The molecule has 0 aliphatic carbocycles. The van der Waals surface area contributed by atoms with Gasteiger partial charge in [0.25, 0.3) is 0 Å². The largest absolute Gasteiger partial charge is 0.712 e. The highest BCUT2D eigenvalue weighted by Crippen LogP contribution is 2.09. The molecular weight excluding hydrogens is 253 g/mol. The van der Waals surface area contributed by atoms with Crippen molar-refractivity contribution in [3.05, 3.63) is 30.3 Å². The Kier molecular flexibility index (Phi) is 10.2. The Balaban J connectivity index is 0.000000396. The normalized spacial score (nSPS) is 10.5. The van der Waals surface area contributed by atoms with Gasteiger partial charge >= 0.3 is 7.32 Å². The second-order valence-electron chi connectivity index (χ2n) is 4.76. The van der Waals surface area contributed by atoms with E-state index in [-0.39, 0.29) is 0 Å². The van der Waals surface area contributed by atoms with Crippen molar-refractivity contribution in [3.63, 3.8) is 0 Å². The van der Waals surface area contributed by atoms with Crippen molar-refractivity contribution >= 4 is 7.32 Å². The van der Waals surface area contributed by atoms with Crippen LogP contribution in [0.15, 0.2) is 30.3 Å². The first kappa shape index (κ1) is 19.0. The topological polar surface area (TPSA) is 27.7 Å². The van der Waals surface area contributed by atoms with E-state index in [1.54, 1.807) is 0 Å². The van der Waals surface area contributed by atoms with Crippen LogP contribution in [0.25, 0.3) is 0 Å². The van der Waals surface area contributed by atoms with Gasteiger partial charge in [-0.15, -0.1) is 0 Å². The lowest BCUT2D eigenvalue weighted by atomic mass is 10.2. The first-order valence-electron chi connectivity index (χ1n) is 7.16. The van der Waals surface area contributed by atoms with Crippen molar-refractivity contribution in [2.24, 2.45) is 0 Å². The lowest BCUT2D eigenvalue weighted by molar-refractivity contribution is -0.904. The summed E-state index contributed by atoms with van der Waals surface area (Å²) in [5, 5.41) is 0. The van der Waals surface area contributed by atoms with E-state index in [1.807, 2.05) is 30.3 Å². The summed E-state index contributed by atoms with van der Waals surface area (Å²) < 4.78 is 16.2. The monoisotopic (exact) mass is 282 g/mol. The van der Waals surface area contributed by atoms with Gasteiger partial charge in [-0.3, -0.25) is 0 Å². The Labute approximate surface area is 124 Å². The third-order valence-corrected chi connectivity index (χ3v) is 3.65. The molecule has 0 bridgehead atoms. The maximum atomic E-state index is 5.27. The van der Waals surface area contributed by atoms with Gasteiger partial charge in [-0.2, -0.15) is 0 Å². The number of para-hydroxylation sites is 1. The Morgan fingerprint density at radius 2 is 1.35 bits per heavy atom. The SMILES string of the molecule is CC[N+](C)(CC)CC.COB(OC)Oc1ccccc1. The van der Waals surface area contributed by atoms with Crippen LogP contribution in [-0.2, 0) is 9.31 Å². The first-order chi connectivity index (χ1) is 9.55. The summed E-state index contributed by atoms with van der Waals surface area (Å²) in [6.45, 7) is 10.5. The Morgan fingerprint density at radius 3 is 1.65 bits per heavy atom. The molecule has 1 aromatic carbocycles. The molecule has 0 amide bonds. The standard InChI is InChI=1S/C8H11BO3.C7H18N/c1-10-9(11-2)12-8-6-4-3-5-7-8;1-5-8(4,6-2)7-3/h3-7H,1-2H3;5-7H2,1-4H3/q;+1. The van der Waals surface area contributed by atoms with E-state index in [4.69, 9.17) is 14.0 Å². The van der Waals surface area contributed by atoms with Gasteiger partial charge in [-0.25, -0.2) is 0 Å². The summed E-state index contributed by atoms with van der Waals surface area (Å²) in [6, 6.07) is 9.37. The molecule has 5 heteroatoms. The molecule has 1 aromatic rings. The van der Waals surface area contributed by atoms with Gasteiger partial charge in [0.2, 0.25) is 0 Å². The van der Waals surface area contributed by atoms with Gasteiger partial charge in [0.1, 0.15) is 5.75 Å². The molecular formula is C15H29BNO3+. The van der Waals surface area contributed by atoms with Crippen LogP contribution in [0.2, 0.25) is 0 Å². The van der Waals surface area contributed by atoms with Crippen molar-refractivity contribution in [2.45, 2.75) is 20.8 Å². The molecule has 0 radical (unpaired) electrons. The number of quaternary nitrogens is 1. The quantitative estimate of drug-likeness (QED) is 0.568. The summed E-state index contributed by atoms with van der Waals surface area (Å²) >= 11 is 0. The molecule has 0 unspecified atom stereocenters. The van der Waals surface area contributed by atoms with Crippen molar-refractivity contribution < 1.29 is 18.4 Å². The van der Waals surface area contributed by atoms with Crippen LogP contribution in [0.1, 0.15) is 20.8 Å². The van der Waals surface area contributed by atoms with Crippen LogP contribution in [0.4, 0.5) is 0 Å². The van der Waals surface area contributed by atoms with E-state index in [0.717, 1.165) is 5.75 Å². The van der Waals surface area contributed by atoms with E-state index in [9.17, 15) is 0 Å². The lowest BCUT2D eigenvalue weighted by Crippen LogP contribution is -2.42. The fraction of sp³-hybridized carbons (Fsp3) is 0.600. The van der Waals surface area contributed by atoms with Crippen molar-refractivity contribution in [1.29, 1.82) is 0 Å². The summed E-state index contributed by atoms with van der Waals surface area (Å²) in [5.41, 5.74) is 0. The molecule has 1 rings (SSSR count). The first-order valence-corrected chi connectivity index (χ1v) is 7.16. The van der Waals surface area contributed by atoms with Crippen molar-refractivity contribution in [3.8, 4) is 5.75 Å². The minimum absolute atomic E-state index is 0.632. The summed E-state index contributed by atoms with van der Waals surface area (Å²) in [4.78, 5) is 0. The molecule has 114 valence electrons. The van der Waals surface area contributed by atoms with Gasteiger partial charge in [0.05, 0.1) is 26.7 Å². The van der Waals surface area contributed by atoms with Gasteiger partial charge < -0.3 is 18.4 Å². The zero-order valence-electron chi connectivity index (χ0n) is 13.8. The Morgan fingerprint density at radius 1 is 0.900 bits per heavy atom. The average Bonchev–Trinajstić information content (AvgIpc) is 2.53. The van der Waals surface area contributed by atoms with Crippen LogP contribution >= 0.6 is 0 Å². The highest BCUT2D eigenvalue weighted by molar-refractivity contribution is 6.37. The van der Waals surface area contributed by atoms with Gasteiger partial charge in [-0.05, 0) is 32.9 Å². The van der Waals surface area contributed by atoms with Crippen LogP contribution in [0.3, 0.4) is 0 Å². The maximum absolute atomic E-state index is 5.27. The molecule has 20 heavy (non-hydrogen) atoms. The third-order valence-electron chi connectivity index (χ3n) is 3.65. The molecule has 0 heterocycles. The van der Waals surface area contributed by atoms with Crippen molar-refractivity contribution in [1.82, 2.24) is 0 Å². The fourth-order valence-corrected chi connectivity index (χ4v) is 1.47. The van der Waals surface area contributed by atoms with E-state index >= 15 is 0 Å². The van der Waals surface area contributed by atoms with Crippen LogP contribution in [-0.4, -0.2) is 52.7 Å². The smallest absolute Gasteiger partial charge is 0.512 e. The molecule has 0 N–H and O–H groups in total. The fourth-order valence-electron chi connectivity index (χ4n) is 1.47. The van der Waals surface area contributed by atoms with E-state index < -0.39 is 7.32 Å². The molecule has 0 saturated carbocycles. The average molecular weight is 282 g/mol. The molecule has 0 spiro atoms. The molecule has 0 saturated heterocycles. The molecule has 0 aromatic heterocycles. The number of benzene rings is 1. The lowest BCUT2D eigenvalue weighted by Gasteiger charge is -2.30.